The van der Waals surface area contributed by atoms with E-state index in [4.69, 9.17) is 10.3 Å². The van der Waals surface area contributed by atoms with Gasteiger partial charge in [0.05, 0.1) is 6.61 Å². The summed E-state index contributed by atoms with van der Waals surface area (Å²) in [6, 6.07) is 4.31. The van der Waals surface area contributed by atoms with Crippen molar-refractivity contribution in [2.75, 3.05) is 13.2 Å². The number of rotatable bonds is 7. The number of azide groups is 1. The largest absolute Gasteiger partial charge is 0.493 e. The number of hydrogen-bond donors (Lipinski definition) is 0. The summed E-state index contributed by atoms with van der Waals surface area (Å²) >= 11 is 0. The fraction of sp³-hybridized carbons (Fsp3) is 0.529. The van der Waals surface area contributed by atoms with Crippen LogP contribution in [-0.2, 0) is 19.3 Å². The third-order valence-corrected chi connectivity index (χ3v) is 3.81. The van der Waals surface area contributed by atoms with Gasteiger partial charge in [0.2, 0.25) is 0 Å². The highest BCUT2D eigenvalue weighted by atomic mass is 16.5. The molecule has 0 heterocycles. The maximum Gasteiger partial charge on any atom is 0.122 e. The smallest absolute Gasteiger partial charge is 0.122 e. The molecule has 0 fully saturated rings. The molecular weight excluding hydrogens is 262 g/mol. The predicted molar refractivity (Wildman–Crippen MR) is 85.7 cm³/mol. The minimum atomic E-state index is 0.427. The first-order chi connectivity index (χ1) is 10.4. The number of nitrogens with zero attached hydrogens (tertiary/aromatic N) is 3. The average Bonchev–Trinajstić information content (AvgIpc) is 2.53. The van der Waals surface area contributed by atoms with E-state index >= 15 is 0 Å². The second kappa shape index (κ2) is 8.38. The van der Waals surface area contributed by atoms with Crippen LogP contribution in [0.1, 0.15) is 42.9 Å². The Morgan fingerprint density at radius 2 is 2.05 bits per heavy atom. The van der Waals surface area contributed by atoms with Crippen LogP contribution in [0.25, 0.3) is 10.4 Å². The maximum absolute atomic E-state index is 8.25. The van der Waals surface area contributed by atoms with Crippen LogP contribution in [0.5, 0.6) is 5.75 Å². The number of fused-ring (bicyclic) bond motifs is 1. The second-order valence-corrected chi connectivity index (χ2v) is 5.32. The van der Waals surface area contributed by atoms with Crippen molar-refractivity contribution < 1.29 is 4.74 Å². The zero-order valence-electron chi connectivity index (χ0n) is 12.7. The first-order valence-corrected chi connectivity index (χ1v) is 7.79. The highest BCUT2D eigenvalue weighted by molar-refractivity contribution is 5.47. The third-order valence-electron chi connectivity index (χ3n) is 3.81. The van der Waals surface area contributed by atoms with Gasteiger partial charge in [-0.25, -0.2) is 0 Å². The molecule has 112 valence electrons. The molecule has 0 saturated heterocycles. The minimum absolute atomic E-state index is 0.427. The molecule has 0 aliphatic heterocycles. The van der Waals surface area contributed by atoms with Gasteiger partial charge in [0, 0.05) is 11.5 Å². The lowest BCUT2D eigenvalue weighted by Gasteiger charge is -2.22. The van der Waals surface area contributed by atoms with E-state index in [0.717, 1.165) is 38.0 Å². The summed E-state index contributed by atoms with van der Waals surface area (Å²) in [4.78, 5) is 2.75. The fourth-order valence-corrected chi connectivity index (χ4v) is 2.82. The lowest BCUT2D eigenvalue weighted by Crippen LogP contribution is -2.09. The van der Waals surface area contributed by atoms with Gasteiger partial charge in [-0.2, -0.15) is 0 Å². The zero-order valence-corrected chi connectivity index (χ0v) is 12.7. The highest BCUT2D eigenvalue weighted by Crippen LogP contribution is 2.32. The molecular formula is C17H23N3O. The molecule has 4 nitrogen and oxygen atoms in total. The quantitative estimate of drug-likeness (QED) is 0.308. The molecule has 0 aromatic heterocycles. The van der Waals surface area contributed by atoms with Gasteiger partial charge in [-0.15, -0.1) is 0 Å². The highest BCUT2D eigenvalue weighted by Gasteiger charge is 2.17. The molecule has 1 aromatic rings. The number of hydrogen-bond acceptors (Lipinski definition) is 2. The molecule has 0 N–H and O–H groups in total. The van der Waals surface area contributed by atoms with Crippen molar-refractivity contribution in [1.29, 1.82) is 0 Å². The van der Waals surface area contributed by atoms with Gasteiger partial charge >= 0.3 is 0 Å². The van der Waals surface area contributed by atoms with E-state index in [0.29, 0.717) is 6.54 Å². The van der Waals surface area contributed by atoms with E-state index < -0.39 is 0 Å². The molecule has 0 amide bonds. The van der Waals surface area contributed by atoms with E-state index in [2.05, 4.69) is 35.2 Å². The first kappa shape index (κ1) is 15.5. The van der Waals surface area contributed by atoms with Crippen LogP contribution in [0.4, 0.5) is 0 Å². The Kier molecular flexibility index (Phi) is 6.17. The molecule has 0 bridgehead atoms. The summed E-state index contributed by atoms with van der Waals surface area (Å²) in [7, 11) is 0. The van der Waals surface area contributed by atoms with Crippen molar-refractivity contribution >= 4 is 0 Å². The standard InChI is InChI=1S/C17H23N3O/c1-2-13-21-17-11-10-14(7-5-6-12-19-20-18)15-8-3-4-9-16(15)17/h5-6,10-11H,2-4,7-9,12-13H2,1H3. The molecule has 1 aliphatic carbocycles. The van der Waals surface area contributed by atoms with Crippen molar-refractivity contribution in [3.05, 3.63) is 51.4 Å². The molecule has 21 heavy (non-hydrogen) atoms. The van der Waals surface area contributed by atoms with Gasteiger partial charge in [0.1, 0.15) is 5.75 Å². The second-order valence-electron chi connectivity index (χ2n) is 5.32. The summed E-state index contributed by atoms with van der Waals surface area (Å²) in [5.74, 6) is 1.08. The Hall–Kier alpha value is -1.93. The van der Waals surface area contributed by atoms with Crippen molar-refractivity contribution in [3.63, 3.8) is 0 Å². The van der Waals surface area contributed by atoms with Crippen LogP contribution in [0.15, 0.2) is 29.4 Å². The minimum Gasteiger partial charge on any atom is -0.493 e. The van der Waals surface area contributed by atoms with Gasteiger partial charge < -0.3 is 4.74 Å². The van der Waals surface area contributed by atoms with Crippen molar-refractivity contribution in [2.24, 2.45) is 5.11 Å². The lowest BCUT2D eigenvalue weighted by atomic mass is 9.86. The summed E-state index contributed by atoms with van der Waals surface area (Å²) in [6.07, 6.45) is 10.8. The van der Waals surface area contributed by atoms with Gasteiger partial charge in [0.25, 0.3) is 0 Å². The van der Waals surface area contributed by atoms with Crippen LogP contribution in [0, 0.1) is 0 Å². The monoisotopic (exact) mass is 285 g/mol. The van der Waals surface area contributed by atoms with E-state index in [-0.39, 0.29) is 0 Å². The summed E-state index contributed by atoms with van der Waals surface area (Å²) in [5.41, 5.74) is 12.5. The summed E-state index contributed by atoms with van der Waals surface area (Å²) in [5, 5.41) is 3.51. The van der Waals surface area contributed by atoms with Crippen LogP contribution >= 0.6 is 0 Å². The molecule has 0 spiro atoms. The molecule has 1 aromatic carbocycles. The van der Waals surface area contributed by atoms with Crippen molar-refractivity contribution in [1.82, 2.24) is 0 Å². The van der Waals surface area contributed by atoms with Crippen molar-refractivity contribution in [2.45, 2.75) is 45.4 Å². The van der Waals surface area contributed by atoms with Crippen LogP contribution in [-0.4, -0.2) is 13.2 Å². The molecule has 0 atom stereocenters. The van der Waals surface area contributed by atoms with E-state index in [1.807, 2.05) is 6.08 Å². The molecule has 0 saturated carbocycles. The van der Waals surface area contributed by atoms with Crippen LogP contribution in [0.3, 0.4) is 0 Å². The first-order valence-electron chi connectivity index (χ1n) is 7.79. The predicted octanol–water partition coefficient (Wildman–Crippen LogP) is 4.76. The zero-order chi connectivity index (χ0) is 14.9. The Balaban J connectivity index is 2.14. The Bertz CT molecular complexity index is 545. The maximum atomic E-state index is 8.25. The molecule has 2 rings (SSSR count). The van der Waals surface area contributed by atoms with Crippen LogP contribution < -0.4 is 4.74 Å². The van der Waals surface area contributed by atoms with E-state index in [1.165, 1.54) is 29.5 Å². The number of ether oxygens (including phenoxy) is 1. The van der Waals surface area contributed by atoms with E-state index in [1.54, 1.807) is 0 Å². The summed E-state index contributed by atoms with van der Waals surface area (Å²) in [6.45, 7) is 3.35. The molecule has 0 radical (unpaired) electrons. The molecule has 1 aliphatic rings. The molecule has 4 heteroatoms. The average molecular weight is 285 g/mol. The fourth-order valence-electron chi connectivity index (χ4n) is 2.82. The normalized spacial score (nSPS) is 13.8. The Labute approximate surface area is 126 Å². The lowest BCUT2D eigenvalue weighted by molar-refractivity contribution is 0.312. The van der Waals surface area contributed by atoms with Crippen LogP contribution in [0.2, 0.25) is 0 Å². The Morgan fingerprint density at radius 3 is 2.81 bits per heavy atom. The number of benzene rings is 1. The topological polar surface area (TPSA) is 58.0 Å². The van der Waals surface area contributed by atoms with Gasteiger partial charge in [-0.05, 0) is 66.8 Å². The van der Waals surface area contributed by atoms with Gasteiger partial charge in [-0.3, -0.25) is 0 Å². The van der Waals surface area contributed by atoms with Crippen molar-refractivity contribution in [3.8, 4) is 5.75 Å². The van der Waals surface area contributed by atoms with E-state index in [9.17, 15) is 0 Å². The number of allylic oxidation sites excluding steroid dienone is 1. The molecule has 0 unspecified atom stereocenters. The SMILES string of the molecule is CCCOc1ccc(CC=CCN=[N+]=[N-])c2c1CCCC2. The van der Waals surface area contributed by atoms with Gasteiger partial charge in [0.15, 0.2) is 0 Å². The summed E-state index contributed by atoms with van der Waals surface area (Å²) < 4.78 is 5.89. The van der Waals surface area contributed by atoms with Gasteiger partial charge in [-0.1, -0.05) is 30.3 Å². The Morgan fingerprint density at radius 1 is 1.24 bits per heavy atom. The third kappa shape index (κ3) is 4.27.